The van der Waals surface area contributed by atoms with Crippen molar-refractivity contribution in [1.29, 1.82) is 0 Å². The molecule has 1 amide bonds. The average molecular weight is 299 g/mol. The third kappa shape index (κ3) is 3.89. The molecule has 1 saturated carbocycles. The molecule has 1 fully saturated rings. The van der Waals surface area contributed by atoms with Gasteiger partial charge in [0.25, 0.3) is 0 Å². The van der Waals surface area contributed by atoms with Crippen molar-refractivity contribution in [2.75, 3.05) is 17.6 Å². The number of hydrogen-bond donors (Lipinski definition) is 3. The summed E-state index contributed by atoms with van der Waals surface area (Å²) in [5.41, 5.74) is 6.19. The third-order valence-electron chi connectivity index (χ3n) is 2.45. The molecule has 1 aromatic rings. The molecule has 0 atom stereocenters. The van der Waals surface area contributed by atoms with Crippen LogP contribution in [-0.2, 0) is 4.79 Å². The van der Waals surface area contributed by atoms with Crippen LogP contribution in [0.4, 0.5) is 11.5 Å². The molecular weight excluding hydrogens is 284 g/mol. The number of nitrogen functional groups attached to an aromatic ring is 1. The van der Waals surface area contributed by atoms with Crippen molar-refractivity contribution < 1.29 is 4.79 Å². The Morgan fingerprint density at radius 2 is 2.35 bits per heavy atom. The summed E-state index contributed by atoms with van der Waals surface area (Å²) in [7, 11) is 0. The minimum absolute atomic E-state index is 0.0894. The van der Waals surface area contributed by atoms with Gasteiger partial charge in [0, 0.05) is 19.0 Å². The van der Waals surface area contributed by atoms with E-state index in [4.69, 9.17) is 5.73 Å². The Labute approximate surface area is 108 Å². The molecule has 92 valence electrons. The number of nitrogens with two attached hydrogens (primary N) is 1. The van der Waals surface area contributed by atoms with Crippen molar-refractivity contribution >= 4 is 33.3 Å². The fraction of sp³-hybridized carbons (Fsp3) is 0.455. The second-order valence-corrected chi connectivity index (χ2v) is 4.97. The molecule has 17 heavy (non-hydrogen) atoms. The first kappa shape index (κ1) is 12.2. The first-order chi connectivity index (χ1) is 8.15. The Balaban J connectivity index is 1.75. The molecule has 0 aromatic carbocycles. The Morgan fingerprint density at radius 1 is 1.59 bits per heavy atom. The largest absolute Gasteiger partial charge is 0.397 e. The van der Waals surface area contributed by atoms with E-state index < -0.39 is 0 Å². The van der Waals surface area contributed by atoms with E-state index in [-0.39, 0.29) is 5.91 Å². The highest BCUT2D eigenvalue weighted by Crippen LogP contribution is 2.21. The van der Waals surface area contributed by atoms with Crippen molar-refractivity contribution in [2.45, 2.75) is 25.3 Å². The lowest BCUT2D eigenvalue weighted by Crippen LogP contribution is -2.27. The van der Waals surface area contributed by atoms with Crippen molar-refractivity contribution in [3.05, 3.63) is 16.7 Å². The van der Waals surface area contributed by atoms with E-state index in [1.54, 1.807) is 12.3 Å². The van der Waals surface area contributed by atoms with Crippen LogP contribution in [-0.4, -0.2) is 23.5 Å². The van der Waals surface area contributed by atoms with Gasteiger partial charge in [-0.15, -0.1) is 0 Å². The molecule has 6 heteroatoms. The van der Waals surface area contributed by atoms with Gasteiger partial charge in [-0.1, -0.05) is 0 Å². The second kappa shape index (κ2) is 5.35. The third-order valence-corrected chi connectivity index (χ3v) is 3.05. The molecule has 1 aliphatic carbocycles. The predicted octanol–water partition coefficient (Wildman–Crippen LogP) is 1.51. The Kier molecular flexibility index (Phi) is 3.83. The van der Waals surface area contributed by atoms with E-state index in [2.05, 4.69) is 31.5 Å². The zero-order valence-electron chi connectivity index (χ0n) is 9.37. The summed E-state index contributed by atoms with van der Waals surface area (Å²) in [6.45, 7) is 0.564. The van der Waals surface area contributed by atoms with Crippen LogP contribution in [0.15, 0.2) is 16.7 Å². The summed E-state index contributed by atoms with van der Waals surface area (Å²) >= 11 is 3.36. The molecule has 5 nitrogen and oxygen atoms in total. The topological polar surface area (TPSA) is 80.0 Å². The summed E-state index contributed by atoms with van der Waals surface area (Å²) < 4.78 is 0.806. The van der Waals surface area contributed by atoms with Crippen LogP contribution in [0.25, 0.3) is 0 Å². The van der Waals surface area contributed by atoms with Gasteiger partial charge in [0.2, 0.25) is 5.91 Å². The standard InChI is InChI=1S/C11H15BrN4O/c12-9-5-7(13)6-15-11(9)14-4-3-10(17)16-8-1-2-8/h5-6,8H,1-4,13H2,(H,14,15)(H,16,17). The molecule has 0 aliphatic heterocycles. The predicted molar refractivity (Wildman–Crippen MR) is 70.6 cm³/mol. The van der Waals surface area contributed by atoms with E-state index >= 15 is 0 Å². The number of halogens is 1. The second-order valence-electron chi connectivity index (χ2n) is 4.12. The zero-order chi connectivity index (χ0) is 12.3. The van der Waals surface area contributed by atoms with Crippen LogP contribution >= 0.6 is 15.9 Å². The normalized spacial score (nSPS) is 14.4. The molecular formula is C11H15BrN4O. The maximum absolute atomic E-state index is 11.4. The lowest BCUT2D eigenvalue weighted by Gasteiger charge is -2.08. The number of carbonyl (C=O) groups is 1. The maximum atomic E-state index is 11.4. The van der Waals surface area contributed by atoms with Crippen LogP contribution in [0, 0.1) is 0 Å². The number of nitrogens with one attached hydrogen (secondary N) is 2. The number of pyridine rings is 1. The van der Waals surface area contributed by atoms with E-state index in [9.17, 15) is 4.79 Å². The fourth-order valence-electron chi connectivity index (χ4n) is 1.40. The minimum Gasteiger partial charge on any atom is -0.397 e. The number of rotatable bonds is 5. The SMILES string of the molecule is Nc1cnc(NCCC(=O)NC2CC2)c(Br)c1. The quantitative estimate of drug-likeness (QED) is 0.770. The summed E-state index contributed by atoms with van der Waals surface area (Å²) in [5.74, 6) is 0.796. The number of amides is 1. The summed E-state index contributed by atoms with van der Waals surface area (Å²) in [6, 6.07) is 2.20. The van der Waals surface area contributed by atoms with Gasteiger partial charge in [0.15, 0.2) is 0 Å². The monoisotopic (exact) mass is 298 g/mol. The Bertz CT molecular complexity index is 420. The molecule has 0 radical (unpaired) electrons. The van der Waals surface area contributed by atoms with E-state index in [1.807, 2.05) is 0 Å². The first-order valence-electron chi connectivity index (χ1n) is 5.59. The van der Waals surface area contributed by atoms with Gasteiger partial charge in [-0.3, -0.25) is 4.79 Å². The molecule has 0 unspecified atom stereocenters. The Hall–Kier alpha value is -1.30. The Morgan fingerprint density at radius 3 is 3.00 bits per heavy atom. The highest BCUT2D eigenvalue weighted by molar-refractivity contribution is 9.10. The van der Waals surface area contributed by atoms with E-state index in [0.717, 1.165) is 17.3 Å². The molecule has 0 bridgehead atoms. The zero-order valence-corrected chi connectivity index (χ0v) is 11.0. The van der Waals surface area contributed by atoms with Gasteiger partial charge in [-0.25, -0.2) is 4.98 Å². The van der Waals surface area contributed by atoms with Crippen molar-refractivity contribution in [3.8, 4) is 0 Å². The van der Waals surface area contributed by atoms with Gasteiger partial charge in [-0.05, 0) is 34.8 Å². The van der Waals surface area contributed by atoms with Gasteiger partial charge in [-0.2, -0.15) is 0 Å². The fourth-order valence-corrected chi connectivity index (χ4v) is 1.91. The first-order valence-corrected chi connectivity index (χ1v) is 6.38. The molecule has 4 N–H and O–H groups in total. The minimum atomic E-state index is 0.0894. The van der Waals surface area contributed by atoms with Gasteiger partial charge < -0.3 is 16.4 Å². The maximum Gasteiger partial charge on any atom is 0.221 e. The number of carbonyl (C=O) groups excluding carboxylic acids is 1. The van der Waals surface area contributed by atoms with Gasteiger partial charge >= 0.3 is 0 Å². The van der Waals surface area contributed by atoms with Crippen LogP contribution in [0.2, 0.25) is 0 Å². The van der Waals surface area contributed by atoms with Crippen molar-refractivity contribution in [3.63, 3.8) is 0 Å². The number of anilines is 2. The van der Waals surface area contributed by atoms with Gasteiger partial charge in [0.05, 0.1) is 16.4 Å². The van der Waals surface area contributed by atoms with E-state index in [0.29, 0.717) is 30.5 Å². The summed E-state index contributed by atoms with van der Waals surface area (Å²) in [5, 5.41) is 6.02. The molecule has 2 rings (SSSR count). The number of aromatic nitrogens is 1. The van der Waals surface area contributed by atoms with Gasteiger partial charge in [0.1, 0.15) is 5.82 Å². The summed E-state index contributed by atoms with van der Waals surface area (Å²) in [4.78, 5) is 15.6. The lowest BCUT2D eigenvalue weighted by atomic mass is 10.3. The van der Waals surface area contributed by atoms with Crippen LogP contribution < -0.4 is 16.4 Å². The lowest BCUT2D eigenvalue weighted by molar-refractivity contribution is -0.120. The number of nitrogens with zero attached hydrogens (tertiary/aromatic N) is 1. The van der Waals surface area contributed by atoms with Crippen LogP contribution in [0.3, 0.4) is 0 Å². The van der Waals surface area contributed by atoms with Crippen LogP contribution in [0.1, 0.15) is 19.3 Å². The summed E-state index contributed by atoms with van der Waals surface area (Å²) in [6.07, 6.45) is 4.26. The average Bonchev–Trinajstić information content (AvgIpc) is 3.05. The number of hydrogen-bond acceptors (Lipinski definition) is 4. The molecule has 1 aromatic heterocycles. The molecule has 0 spiro atoms. The highest BCUT2D eigenvalue weighted by atomic mass is 79.9. The molecule has 1 heterocycles. The van der Waals surface area contributed by atoms with Crippen molar-refractivity contribution in [2.24, 2.45) is 0 Å². The molecule has 0 saturated heterocycles. The van der Waals surface area contributed by atoms with E-state index in [1.165, 1.54) is 0 Å². The highest BCUT2D eigenvalue weighted by Gasteiger charge is 2.22. The smallest absolute Gasteiger partial charge is 0.221 e. The molecule has 1 aliphatic rings. The van der Waals surface area contributed by atoms with Crippen molar-refractivity contribution in [1.82, 2.24) is 10.3 Å². The van der Waals surface area contributed by atoms with Crippen LogP contribution in [0.5, 0.6) is 0 Å².